The number of carboxylic acids is 6. The van der Waals surface area contributed by atoms with Crippen LogP contribution in [0.1, 0.15) is 25.7 Å². The first-order valence-electron chi connectivity index (χ1n) is 6.23. The fourth-order valence-electron chi connectivity index (χ4n) is 1.37. The van der Waals surface area contributed by atoms with Gasteiger partial charge in [-0.05, 0) is 0 Å². The molecule has 0 fully saturated rings. The molecule has 0 aliphatic carbocycles. The van der Waals surface area contributed by atoms with E-state index in [0.29, 0.717) is 0 Å². The Hall–Kier alpha value is -1.78. The van der Waals surface area contributed by atoms with Crippen molar-refractivity contribution in [3.8, 4) is 0 Å². The molecule has 0 spiro atoms. The Kier molecular flexibility index (Phi) is 30.6. The van der Waals surface area contributed by atoms with E-state index in [1.54, 1.807) is 0 Å². The number of rotatable bonds is 10. The van der Waals surface area contributed by atoms with E-state index in [0.717, 1.165) is 0 Å². The smallest absolute Gasteiger partial charge is 0.550 e. The maximum absolute atomic E-state index is 10.1. The van der Waals surface area contributed by atoms with E-state index in [2.05, 4.69) is 0 Å². The summed E-state index contributed by atoms with van der Waals surface area (Å²) < 4.78 is 0. The molecule has 0 saturated heterocycles. The van der Waals surface area contributed by atoms with Crippen molar-refractivity contribution in [2.24, 2.45) is 0 Å². The Bertz CT molecular complexity index is 523. The van der Waals surface area contributed by atoms with Crippen LogP contribution in [0.3, 0.4) is 0 Å². The second kappa shape index (κ2) is 20.1. The maximum Gasteiger partial charge on any atom is 2.00 e. The summed E-state index contributed by atoms with van der Waals surface area (Å²) in [6.45, 7) is 0. The zero-order valence-corrected chi connectivity index (χ0v) is 17.4. The Morgan fingerprint density at radius 2 is 0.613 bits per heavy atom. The van der Waals surface area contributed by atoms with Gasteiger partial charge in [0.15, 0.2) is 0 Å². The SMILES string of the molecule is O.O.O=C([O-])CC(O)(CC(=O)[O-])C(=O)[O-].O=C([O-])CC(O)(CC(=O)[O-])C(=O)[O-].[Cu+2].[Cu+2].[Cu+2]. The summed E-state index contributed by atoms with van der Waals surface area (Å²) in [4.78, 5) is 60.0. The molecule has 0 bridgehead atoms. The van der Waals surface area contributed by atoms with Gasteiger partial charge < -0.3 is 80.6 Å². The summed E-state index contributed by atoms with van der Waals surface area (Å²) in [5.41, 5.74) is -5.95. The third-order valence-electron chi connectivity index (χ3n) is 2.51. The van der Waals surface area contributed by atoms with Crippen LogP contribution in [0, 0.1) is 0 Å². The van der Waals surface area contributed by atoms with Crippen LogP contribution < -0.4 is 30.6 Å². The van der Waals surface area contributed by atoms with Crippen molar-refractivity contribution in [1.29, 1.82) is 0 Å². The number of aliphatic hydroxyl groups is 2. The van der Waals surface area contributed by atoms with Gasteiger partial charge in [-0.2, -0.15) is 0 Å². The monoisotopic (exact) mass is 603 g/mol. The van der Waals surface area contributed by atoms with Crippen LogP contribution >= 0.6 is 0 Å². The van der Waals surface area contributed by atoms with Crippen LogP contribution in [0.2, 0.25) is 0 Å². The molecule has 3 radical (unpaired) electrons. The standard InChI is InChI=1S/2C6H8O7.3Cu.2H2O/c2*7-3(8)1-6(13,5(11)12)2-4(9)10;;;;;/h2*13H,1-2H2,(H,7,8)(H,9,10)(H,11,12);;;;2*1H2/q;;3*+2;;/p-6. The van der Waals surface area contributed by atoms with Crippen LogP contribution in [-0.4, -0.2) is 68.2 Å². The molecule has 31 heavy (non-hydrogen) atoms. The van der Waals surface area contributed by atoms with Crippen LogP contribution in [0.5, 0.6) is 0 Å². The van der Waals surface area contributed by atoms with Gasteiger partial charge in [0.2, 0.25) is 0 Å². The quantitative estimate of drug-likeness (QED) is 0.219. The first-order valence-corrected chi connectivity index (χ1v) is 6.23. The molecule has 0 aromatic carbocycles. The second-order valence-electron chi connectivity index (χ2n) is 4.83. The van der Waals surface area contributed by atoms with Crippen LogP contribution in [0.25, 0.3) is 0 Å². The molecule has 6 N–H and O–H groups in total. The molecule has 0 heterocycles. The van der Waals surface area contributed by atoms with E-state index in [9.17, 15) is 59.4 Å². The topological polar surface area (TPSA) is 344 Å². The molecule has 0 saturated carbocycles. The number of aliphatic carboxylic acids is 6. The average Bonchev–Trinajstić information content (AvgIpc) is 2.34. The Labute approximate surface area is 204 Å². The predicted octanol–water partition coefficient (Wildman–Crippen LogP) is -12.2. The predicted molar refractivity (Wildman–Crippen MR) is 65.6 cm³/mol. The Morgan fingerprint density at radius 3 is 0.677 bits per heavy atom. The molecule has 16 nitrogen and oxygen atoms in total. The zero-order valence-electron chi connectivity index (χ0n) is 14.5. The van der Waals surface area contributed by atoms with Gasteiger partial charge in [0.1, 0.15) is 11.2 Å². The van der Waals surface area contributed by atoms with Crippen LogP contribution in [-0.2, 0) is 80.0 Å². The average molecular weight is 605 g/mol. The summed E-state index contributed by atoms with van der Waals surface area (Å²) >= 11 is 0. The number of carbonyl (C=O) groups is 6. The molecule has 19 heteroatoms. The van der Waals surface area contributed by atoms with Gasteiger partial charge in [0.25, 0.3) is 0 Å². The summed E-state index contributed by atoms with van der Waals surface area (Å²) in [6, 6.07) is 0. The van der Waals surface area contributed by atoms with Crippen molar-refractivity contribution < 1.29 is 132 Å². The van der Waals surface area contributed by atoms with E-state index in [4.69, 9.17) is 10.2 Å². The van der Waals surface area contributed by atoms with Gasteiger partial charge in [0.05, 0.1) is 11.9 Å². The number of hydrogen-bond donors (Lipinski definition) is 2. The summed E-state index contributed by atoms with van der Waals surface area (Å²) in [5, 5.41) is 77.9. The first-order chi connectivity index (χ1) is 11.6. The molecular formula is C12H14Cu3O16. The first kappa shape index (κ1) is 47.1. The normalized spacial score (nSPS) is 9.10. The fourth-order valence-corrected chi connectivity index (χ4v) is 1.37. The molecular weight excluding hydrogens is 591 g/mol. The van der Waals surface area contributed by atoms with Gasteiger partial charge in [-0.3, -0.25) is 0 Å². The van der Waals surface area contributed by atoms with Crippen molar-refractivity contribution >= 4 is 35.8 Å². The van der Waals surface area contributed by atoms with Gasteiger partial charge in [-0.1, -0.05) is 0 Å². The third kappa shape index (κ3) is 21.2. The fraction of sp³-hybridized carbons (Fsp3) is 0.500. The van der Waals surface area contributed by atoms with Crippen molar-refractivity contribution in [3.05, 3.63) is 0 Å². The van der Waals surface area contributed by atoms with E-state index >= 15 is 0 Å². The van der Waals surface area contributed by atoms with Crippen LogP contribution in [0.4, 0.5) is 0 Å². The number of hydrogen-bond acceptors (Lipinski definition) is 14. The van der Waals surface area contributed by atoms with Crippen LogP contribution in [0.15, 0.2) is 0 Å². The molecule has 0 aliphatic heterocycles. The zero-order chi connectivity index (χ0) is 21.3. The minimum Gasteiger partial charge on any atom is -0.550 e. The van der Waals surface area contributed by atoms with Crippen molar-refractivity contribution in [3.63, 3.8) is 0 Å². The maximum atomic E-state index is 10.1. The molecule has 0 rings (SSSR count). The molecule has 0 aromatic rings. The summed E-state index contributed by atoms with van der Waals surface area (Å²) in [7, 11) is 0. The van der Waals surface area contributed by atoms with Gasteiger partial charge >= 0.3 is 51.2 Å². The molecule has 0 unspecified atom stereocenters. The molecule has 0 amide bonds. The Balaban J connectivity index is -0.0000000640. The second-order valence-corrected chi connectivity index (χ2v) is 4.83. The van der Waals surface area contributed by atoms with Crippen molar-refractivity contribution in [2.45, 2.75) is 36.9 Å². The van der Waals surface area contributed by atoms with Gasteiger partial charge in [0, 0.05) is 49.6 Å². The van der Waals surface area contributed by atoms with E-state index in [-0.39, 0.29) is 62.2 Å². The largest absolute Gasteiger partial charge is 2.00 e. The number of carboxylic acid groups (broad SMARTS) is 6. The van der Waals surface area contributed by atoms with Gasteiger partial charge in [-0.15, -0.1) is 0 Å². The molecule has 191 valence electrons. The summed E-state index contributed by atoms with van der Waals surface area (Å²) in [6.07, 6.45) is -5.43. The van der Waals surface area contributed by atoms with E-state index in [1.165, 1.54) is 0 Å². The third-order valence-corrected chi connectivity index (χ3v) is 2.51. The molecule has 0 aliphatic rings. The molecule has 0 aromatic heterocycles. The van der Waals surface area contributed by atoms with Crippen molar-refractivity contribution in [2.75, 3.05) is 0 Å². The minimum atomic E-state index is -2.97. The van der Waals surface area contributed by atoms with Gasteiger partial charge in [-0.25, -0.2) is 0 Å². The Morgan fingerprint density at radius 1 is 0.484 bits per heavy atom. The minimum absolute atomic E-state index is 0. The summed E-state index contributed by atoms with van der Waals surface area (Å²) in [5.74, 6) is -12.0. The van der Waals surface area contributed by atoms with E-state index in [1.807, 2.05) is 0 Å². The van der Waals surface area contributed by atoms with E-state index < -0.39 is 72.7 Å². The number of carbonyl (C=O) groups excluding carboxylic acids is 6. The van der Waals surface area contributed by atoms with Crippen molar-refractivity contribution in [1.82, 2.24) is 0 Å². The molecule has 0 atom stereocenters.